The van der Waals surface area contributed by atoms with Crippen molar-refractivity contribution in [3.8, 4) is 5.75 Å². The van der Waals surface area contributed by atoms with Crippen LogP contribution in [0, 0.1) is 0 Å². The molecule has 1 aliphatic rings. The maximum Gasteiger partial charge on any atom is 0.262 e. The average Bonchev–Trinajstić information content (AvgIpc) is 3.44. The molecule has 130 valence electrons. The van der Waals surface area contributed by atoms with E-state index in [0.29, 0.717) is 23.0 Å². The second kappa shape index (κ2) is 7.83. The molecule has 0 heterocycles. The zero-order chi connectivity index (χ0) is 17.6. The number of carbonyl (C=O) groups excluding carboxylic acids is 2. The molecule has 0 bridgehead atoms. The molecule has 5 nitrogen and oxygen atoms in total. The van der Waals surface area contributed by atoms with E-state index < -0.39 is 0 Å². The lowest BCUT2D eigenvalue weighted by Crippen LogP contribution is -2.25. The third-order valence-corrected chi connectivity index (χ3v) is 4.02. The highest BCUT2D eigenvalue weighted by Crippen LogP contribution is 2.19. The first kappa shape index (κ1) is 17.0. The molecule has 3 rings (SSSR count). The van der Waals surface area contributed by atoms with E-state index >= 15 is 0 Å². The normalized spacial score (nSPS) is 13.2. The van der Waals surface area contributed by atoms with Crippen LogP contribution in [-0.2, 0) is 11.2 Å². The van der Waals surface area contributed by atoms with Crippen molar-refractivity contribution in [2.45, 2.75) is 32.2 Å². The van der Waals surface area contributed by atoms with Crippen LogP contribution < -0.4 is 15.4 Å². The zero-order valence-corrected chi connectivity index (χ0v) is 14.2. The minimum absolute atomic E-state index is 0.0584. The highest BCUT2D eigenvalue weighted by Gasteiger charge is 2.23. The Morgan fingerprint density at radius 3 is 2.56 bits per heavy atom. The van der Waals surface area contributed by atoms with Gasteiger partial charge >= 0.3 is 0 Å². The van der Waals surface area contributed by atoms with Crippen molar-refractivity contribution in [3.63, 3.8) is 0 Å². The van der Waals surface area contributed by atoms with Gasteiger partial charge in [0.05, 0.1) is 0 Å². The minimum atomic E-state index is -0.239. The van der Waals surface area contributed by atoms with Crippen molar-refractivity contribution in [2.24, 2.45) is 0 Å². The SMILES string of the molecule is CCc1cccc(OCC(=O)Nc2ccc(C(=O)NC3CC3)cc2)c1. The quantitative estimate of drug-likeness (QED) is 0.815. The summed E-state index contributed by atoms with van der Waals surface area (Å²) in [5.74, 6) is 0.373. The van der Waals surface area contributed by atoms with Crippen LogP contribution in [0.25, 0.3) is 0 Å². The highest BCUT2D eigenvalue weighted by atomic mass is 16.5. The predicted molar refractivity (Wildman–Crippen MR) is 96.9 cm³/mol. The van der Waals surface area contributed by atoms with Gasteiger partial charge in [-0.25, -0.2) is 0 Å². The third-order valence-electron chi connectivity index (χ3n) is 4.02. The lowest BCUT2D eigenvalue weighted by Gasteiger charge is -2.09. The van der Waals surface area contributed by atoms with E-state index in [0.717, 1.165) is 24.8 Å². The summed E-state index contributed by atoms with van der Waals surface area (Å²) >= 11 is 0. The molecule has 0 radical (unpaired) electrons. The summed E-state index contributed by atoms with van der Waals surface area (Å²) in [6, 6.07) is 14.9. The van der Waals surface area contributed by atoms with E-state index in [1.807, 2.05) is 24.3 Å². The number of anilines is 1. The van der Waals surface area contributed by atoms with Gasteiger partial charge in [-0.1, -0.05) is 19.1 Å². The fraction of sp³-hybridized carbons (Fsp3) is 0.300. The Kier molecular flexibility index (Phi) is 5.33. The van der Waals surface area contributed by atoms with Crippen LogP contribution in [0.5, 0.6) is 5.75 Å². The smallest absolute Gasteiger partial charge is 0.262 e. The standard InChI is InChI=1S/C20H22N2O3/c1-2-14-4-3-5-18(12-14)25-13-19(23)21-16-8-6-15(7-9-16)20(24)22-17-10-11-17/h3-9,12,17H,2,10-11,13H2,1H3,(H,21,23)(H,22,24). The summed E-state index contributed by atoms with van der Waals surface area (Å²) < 4.78 is 5.52. The molecule has 2 N–H and O–H groups in total. The summed E-state index contributed by atoms with van der Waals surface area (Å²) in [5, 5.41) is 5.70. The molecule has 0 spiro atoms. The first-order valence-corrected chi connectivity index (χ1v) is 8.56. The fourth-order valence-electron chi connectivity index (χ4n) is 2.40. The minimum Gasteiger partial charge on any atom is -0.484 e. The van der Waals surface area contributed by atoms with Gasteiger partial charge in [0.15, 0.2) is 6.61 Å². The van der Waals surface area contributed by atoms with Crippen molar-refractivity contribution in [1.82, 2.24) is 5.32 Å². The molecule has 0 atom stereocenters. The largest absolute Gasteiger partial charge is 0.484 e. The van der Waals surface area contributed by atoms with Gasteiger partial charge in [-0.05, 0) is 61.2 Å². The lowest BCUT2D eigenvalue weighted by atomic mass is 10.2. The molecule has 1 saturated carbocycles. The first-order valence-electron chi connectivity index (χ1n) is 8.56. The van der Waals surface area contributed by atoms with Crippen LogP contribution in [-0.4, -0.2) is 24.5 Å². The van der Waals surface area contributed by atoms with Crippen molar-refractivity contribution in [3.05, 3.63) is 59.7 Å². The molecule has 2 aromatic rings. The molecular formula is C20H22N2O3. The molecule has 0 aromatic heterocycles. The molecule has 1 aliphatic carbocycles. The van der Waals surface area contributed by atoms with Crippen molar-refractivity contribution in [1.29, 1.82) is 0 Å². The van der Waals surface area contributed by atoms with E-state index in [1.54, 1.807) is 24.3 Å². The van der Waals surface area contributed by atoms with Crippen molar-refractivity contribution >= 4 is 17.5 Å². The van der Waals surface area contributed by atoms with Crippen molar-refractivity contribution in [2.75, 3.05) is 11.9 Å². The summed E-state index contributed by atoms with van der Waals surface area (Å²) in [6.45, 7) is 2.01. The topological polar surface area (TPSA) is 67.4 Å². The number of hydrogen-bond donors (Lipinski definition) is 2. The molecule has 2 amide bonds. The van der Waals surface area contributed by atoms with Crippen LogP contribution in [0.15, 0.2) is 48.5 Å². The van der Waals surface area contributed by atoms with Gasteiger partial charge in [-0.15, -0.1) is 0 Å². The maximum absolute atomic E-state index is 12.0. The Bertz CT molecular complexity index is 752. The van der Waals surface area contributed by atoms with E-state index in [9.17, 15) is 9.59 Å². The molecule has 0 saturated heterocycles. The summed E-state index contributed by atoms with van der Waals surface area (Å²) in [6.07, 6.45) is 3.03. The number of ether oxygens (including phenoxy) is 1. The van der Waals surface area contributed by atoms with Gasteiger partial charge in [0.1, 0.15) is 5.75 Å². The predicted octanol–water partition coefficient (Wildman–Crippen LogP) is 3.16. The molecule has 5 heteroatoms. The first-order chi connectivity index (χ1) is 12.1. The number of benzene rings is 2. The van der Waals surface area contributed by atoms with E-state index in [2.05, 4.69) is 17.6 Å². The lowest BCUT2D eigenvalue weighted by molar-refractivity contribution is -0.118. The molecular weight excluding hydrogens is 316 g/mol. The summed E-state index contributed by atoms with van der Waals surface area (Å²) in [4.78, 5) is 23.9. The van der Waals surface area contributed by atoms with Crippen LogP contribution in [0.1, 0.15) is 35.7 Å². The Labute approximate surface area is 147 Å². The van der Waals surface area contributed by atoms with Gasteiger partial charge in [0, 0.05) is 17.3 Å². The van der Waals surface area contributed by atoms with Gasteiger partial charge in [0.25, 0.3) is 11.8 Å². The second-order valence-electron chi connectivity index (χ2n) is 6.16. The highest BCUT2D eigenvalue weighted by molar-refractivity contribution is 5.96. The van der Waals surface area contributed by atoms with Crippen LogP contribution in [0.3, 0.4) is 0 Å². The average molecular weight is 338 g/mol. The van der Waals surface area contributed by atoms with E-state index in [-0.39, 0.29) is 18.4 Å². The van der Waals surface area contributed by atoms with Crippen LogP contribution in [0.2, 0.25) is 0 Å². The molecule has 2 aromatic carbocycles. The van der Waals surface area contributed by atoms with Gasteiger partial charge < -0.3 is 15.4 Å². The number of hydrogen-bond acceptors (Lipinski definition) is 3. The van der Waals surface area contributed by atoms with Gasteiger partial charge in [0.2, 0.25) is 0 Å². The zero-order valence-electron chi connectivity index (χ0n) is 14.2. The van der Waals surface area contributed by atoms with E-state index in [4.69, 9.17) is 4.74 Å². The monoisotopic (exact) mass is 338 g/mol. The maximum atomic E-state index is 12.0. The molecule has 1 fully saturated rings. The number of amides is 2. The Morgan fingerprint density at radius 2 is 1.88 bits per heavy atom. The number of carbonyl (C=O) groups is 2. The summed E-state index contributed by atoms with van der Waals surface area (Å²) in [7, 11) is 0. The second-order valence-corrected chi connectivity index (χ2v) is 6.16. The number of rotatable bonds is 7. The van der Waals surface area contributed by atoms with Crippen LogP contribution in [0.4, 0.5) is 5.69 Å². The summed E-state index contributed by atoms with van der Waals surface area (Å²) in [5.41, 5.74) is 2.40. The Morgan fingerprint density at radius 1 is 1.12 bits per heavy atom. The van der Waals surface area contributed by atoms with Gasteiger partial charge in [-0.2, -0.15) is 0 Å². The van der Waals surface area contributed by atoms with Crippen LogP contribution >= 0.6 is 0 Å². The molecule has 25 heavy (non-hydrogen) atoms. The molecule has 0 aliphatic heterocycles. The fourth-order valence-corrected chi connectivity index (χ4v) is 2.40. The van der Waals surface area contributed by atoms with Crippen molar-refractivity contribution < 1.29 is 14.3 Å². The van der Waals surface area contributed by atoms with Gasteiger partial charge in [-0.3, -0.25) is 9.59 Å². The Hall–Kier alpha value is -2.82. The third kappa shape index (κ3) is 5.08. The number of nitrogens with one attached hydrogen (secondary N) is 2. The molecule has 0 unspecified atom stereocenters. The number of aryl methyl sites for hydroxylation is 1. The van der Waals surface area contributed by atoms with E-state index in [1.165, 1.54) is 0 Å². The Balaban J connectivity index is 1.49.